The van der Waals surface area contributed by atoms with Gasteiger partial charge in [0.2, 0.25) is 11.8 Å². The van der Waals surface area contributed by atoms with E-state index in [0.29, 0.717) is 32.7 Å². The molecule has 3 aliphatic rings. The lowest BCUT2D eigenvalue weighted by atomic mass is 10.0. The molecule has 1 atom stereocenters. The third-order valence-corrected chi connectivity index (χ3v) is 6.54. The molecule has 1 unspecified atom stereocenters. The number of halogens is 2. The Labute approximate surface area is 194 Å². The zero-order valence-electron chi connectivity index (χ0n) is 18.2. The minimum absolute atomic E-state index is 0.0164. The van der Waals surface area contributed by atoms with Crippen molar-refractivity contribution in [3.05, 3.63) is 64.7 Å². The van der Waals surface area contributed by atoms with Gasteiger partial charge in [-0.25, -0.2) is 8.78 Å². The second kappa shape index (κ2) is 8.60. The molecule has 3 aliphatic heterocycles. The smallest absolute Gasteiger partial charge is 0.262 e. The summed E-state index contributed by atoms with van der Waals surface area (Å²) >= 11 is 0. The van der Waals surface area contributed by atoms with Gasteiger partial charge >= 0.3 is 0 Å². The maximum absolute atomic E-state index is 14.1. The fourth-order valence-corrected chi connectivity index (χ4v) is 4.80. The van der Waals surface area contributed by atoms with E-state index in [2.05, 4.69) is 10.2 Å². The Morgan fingerprint density at radius 3 is 2.24 bits per heavy atom. The second-order valence-electron chi connectivity index (χ2n) is 8.66. The summed E-state index contributed by atoms with van der Waals surface area (Å²) in [4.78, 5) is 54.2. The quantitative estimate of drug-likeness (QED) is 0.687. The lowest BCUT2D eigenvalue weighted by molar-refractivity contribution is -0.136. The molecule has 34 heavy (non-hydrogen) atoms. The van der Waals surface area contributed by atoms with Gasteiger partial charge in [0.1, 0.15) is 23.4 Å². The largest absolute Gasteiger partial charge is 0.364 e. The topological polar surface area (TPSA) is 90.0 Å². The zero-order chi connectivity index (χ0) is 24.0. The molecule has 0 spiro atoms. The van der Waals surface area contributed by atoms with Gasteiger partial charge in [0.05, 0.1) is 11.1 Å². The number of rotatable bonds is 4. The predicted octanol–water partition coefficient (Wildman–Crippen LogP) is 1.69. The van der Waals surface area contributed by atoms with Crippen molar-refractivity contribution in [2.45, 2.75) is 25.4 Å². The Morgan fingerprint density at radius 2 is 1.56 bits per heavy atom. The van der Waals surface area contributed by atoms with Gasteiger partial charge in [0.15, 0.2) is 0 Å². The van der Waals surface area contributed by atoms with Crippen LogP contribution < -0.4 is 10.2 Å². The molecular weight excluding hydrogens is 446 g/mol. The molecule has 1 N–H and O–H groups in total. The van der Waals surface area contributed by atoms with E-state index in [0.717, 1.165) is 10.5 Å². The number of nitrogens with one attached hydrogen (secondary N) is 1. The maximum Gasteiger partial charge on any atom is 0.262 e. The summed E-state index contributed by atoms with van der Waals surface area (Å²) in [5, 5.41) is 2.18. The Kier molecular flexibility index (Phi) is 5.60. The number of piperidine rings is 1. The highest BCUT2D eigenvalue weighted by Crippen LogP contribution is 2.29. The van der Waals surface area contributed by atoms with Crippen LogP contribution in [0.3, 0.4) is 0 Å². The molecule has 2 aromatic rings. The van der Waals surface area contributed by atoms with Gasteiger partial charge in [-0.2, -0.15) is 0 Å². The minimum atomic E-state index is -1.000. The van der Waals surface area contributed by atoms with Crippen LogP contribution in [0.15, 0.2) is 36.4 Å². The molecule has 4 amide bonds. The molecular formula is C24H22F2N4O4. The van der Waals surface area contributed by atoms with Gasteiger partial charge in [-0.05, 0) is 36.2 Å². The van der Waals surface area contributed by atoms with Crippen molar-refractivity contribution in [3.8, 4) is 0 Å². The van der Waals surface area contributed by atoms with E-state index in [1.807, 2.05) is 0 Å². The SMILES string of the molecule is O=C1CCC(N2C(=O)c3ccc(CN4CCN(c5c(F)cccc5F)CC4)cc3C2=O)C(=O)N1. The van der Waals surface area contributed by atoms with Crippen LogP contribution in [0.1, 0.15) is 39.1 Å². The van der Waals surface area contributed by atoms with Crippen LogP contribution >= 0.6 is 0 Å². The molecule has 2 saturated heterocycles. The fraction of sp³-hybridized carbons (Fsp3) is 0.333. The molecule has 0 aliphatic carbocycles. The van der Waals surface area contributed by atoms with Crippen molar-refractivity contribution in [2.24, 2.45) is 0 Å². The molecule has 0 bridgehead atoms. The number of hydrogen-bond donors (Lipinski definition) is 1. The molecule has 2 aromatic carbocycles. The molecule has 0 saturated carbocycles. The zero-order valence-corrected chi connectivity index (χ0v) is 18.2. The summed E-state index contributed by atoms with van der Waals surface area (Å²) in [5.74, 6) is -3.32. The van der Waals surface area contributed by atoms with Gasteiger partial charge in [-0.15, -0.1) is 0 Å². The summed E-state index contributed by atoms with van der Waals surface area (Å²) in [5.41, 5.74) is 1.27. The Balaban J connectivity index is 1.26. The van der Waals surface area contributed by atoms with Crippen LogP contribution in [0, 0.1) is 11.6 Å². The minimum Gasteiger partial charge on any atom is -0.364 e. The Bertz CT molecular complexity index is 1190. The third-order valence-electron chi connectivity index (χ3n) is 6.54. The lowest BCUT2D eigenvalue weighted by Crippen LogP contribution is -2.54. The van der Waals surface area contributed by atoms with E-state index in [4.69, 9.17) is 0 Å². The third kappa shape index (κ3) is 3.83. The molecule has 3 heterocycles. The summed E-state index contributed by atoms with van der Waals surface area (Å²) in [6, 6.07) is 7.83. The second-order valence-corrected chi connectivity index (χ2v) is 8.66. The number of fused-ring (bicyclic) bond motifs is 1. The maximum atomic E-state index is 14.1. The highest BCUT2D eigenvalue weighted by atomic mass is 19.1. The molecule has 10 heteroatoms. The van der Waals surface area contributed by atoms with Crippen LogP contribution in [-0.4, -0.2) is 65.6 Å². The van der Waals surface area contributed by atoms with Gasteiger partial charge in [0.25, 0.3) is 11.8 Å². The molecule has 5 rings (SSSR count). The van der Waals surface area contributed by atoms with E-state index < -0.39 is 41.3 Å². The number of imide groups is 2. The normalized spacial score (nSPS) is 21.2. The fourth-order valence-electron chi connectivity index (χ4n) is 4.80. The highest BCUT2D eigenvalue weighted by molar-refractivity contribution is 6.23. The lowest BCUT2D eigenvalue weighted by Gasteiger charge is -2.36. The van der Waals surface area contributed by atoms with Crippen molar-refractivity contribution >= 4 is 29.3 Å². The standard InChI is InChI=1S/C24H22F2N4O4/c25-17-2-1-3-18(26)21(17)29-10-8-28(9-11-29)13-14-4-5-15-16(12-14)24(34)30(23(15)33)19-6-7-20(31)27-22(19)32/h1-5,12,19H,6-11,13H2,(H,27,31,32). The average molecular weight is 468 g/mol. The number of hydrogen-bond acceptors (Lipinski definition) is 6. The Hall–Kier alpha value is -3.66. The van der Waals surface area contributed by atoms with Gasteiger partial charge in [0, 0.05) is 39.1 Å². The number of carbonyl (C=O) groups excluding carboxylic acids is 4. The van der Waals surface area contributed by atoms with E-state index in [1.54, 1.807) is 23.1 Å². The highest BCUT2D eigenvalue weighted by Gasteiger charge is 2.44. The van der Waals surface area contributed by atoms with Crippen LogP contribution in [0.25, 0.3) is 0 Å². The van der Waals surface area contributed by atoms with E-state index in [9.17, 15) is 28.0 Å². The van der Waals surface area contributed by atoms with E-state index in [-0.39, 0.29) is 29.7 Å². The van der Waals surface area contributed by atoms with Crippen molar-refractivity contribution in [2.75, 3.05) is 31.1 Å². The molecule has 0 radical (unpaired) electrons. The monoisotopic (exact) mass is 468 g/mol. The number of para-hydroxylation sites is 1. The first-order chi connectivity index (χ1) is 16.3. The molecule has 2 fully saturated rings. The number of amides is 4. The van der Waals surface area contributed by atoms with Crippen LogP contribution in [0.5, 0.6) is 0 Å². The molecule has 0 aromatic heterocycles. The van der Waals surface area contributed by atoms with Gasteiger partial charge < -0.3 is 4.90 Å². The number of piperazine rings is 1. The summed E-state index contributed by atoms with van der Waals surface area (Å²) in [6.45, 7) is 2.54. The molecule has 176 valence electrons. The predicted molar refractivity (Wildman–Crippen MR) is 117 cm³/mol. The van der Waals surface area contributed by atoms with Crippen molar-refractivity contribution in [3.63, 3.8) is 0 Å². The first-order valence-corrected chi connectivity index (χ1v) is 11.1. The summed E-state index contributed by atoms with van der Waals surface area (Å²) < 4.78 is 28.2. The summed E-state index contributed by atoms with van der Waals surface area (Å²) in [6.07, 6.45) is 0.174. The Morgan fingerprint density at radius 1 is 0.882 bits per heavy atom. The van der Waals surface area contributed by atoms with Gasteiger partial charge in [-0.3, -0.25) is 34.3 Å². The number of carbonyl (C=O) groups is 4. The van der Waals surface area contributed by atoms with Crippen LogP contribution in [0.4, 0.5) is 14.5 Å². The first-order valence-electron chi connectivity index (χ1n) is 11.1. The van der Waals surface area contributed by atoms with E-state index in [1.165, 1.54) is 18.2 Å². The first kappa shape index (κ1) is 22.1. The number of anilines is 1. The molecule has 8 nitrogen and oxygen atoms in total. The van der Waals surface area contributed by atoms with E-state index >= 15 is 0 Å². The van der Waals surface area contributed by atoms with Crippen molar-refractivity contribution < 1.29 is 28.0 Å². The van der Waals surface area contributed by atoms with Crippen molar-refractivity contribution in [1.82, 2.24) is 15.1 Å². The summed E-state index contributed by atoms with van der Waals surface area (Å²) in [7, 11) is 0. The average Bonchev–Trinajstić information content (AvgIpc) is 3.05. The number of nitrogens with zero attached hydrogens (tertiary/aromatic N) is 3. The number of benzene rings is 2. The van der Waals surface area contributed by atoms with Crippen LogP contribution in [-0.2, 0) is 16.1 Å². The van der Waals surface area contributed by atoms with Gasteiger partial charge in [-0.1, -0.05) is 12.1 Å². The van der Waals surface area contributed by atoms with Crippen molar-refractivity contribution in [1.29, 1.82) is 0 Å². The van der Waals surface area contributed by atoms with Crippen LogP contribution in [0.2, 0.25) is 0 Å².